The number of nitrogens with one attached hydrogen (secondary N) is 2. The molecule has 3 rings (SSSR count). The molecule has 0 saturated carbocycles. The molecular weight excluding hydrogens is 204 g/mol. The molecule has 0 radical (unpaired) electrons. The minimum atomic E-state index is 0.606. The molecule has 78 valence electrons. The summed E-state index contributed by atoms with van der Waals surface area (Å²) in [6.45, 7) is 0. The molecule has 3 heterocycles. The minimum absolute atomic E-state index is 0.606. The molecule has 0 spiro atoms. The second-order valence-electron chi connectivity index (χ2n) is 3.21. The van der Waals surface area contributed by atoms with Gasteiger partial charge in [0.2, 0.25) is 0 Å². The first-order chi connectivity index (χ1) is 7.93. The SMILES string of the molecule is c1ccc(-c2nc(-c3cn[nH]c3)n[nH]2)nc1. The molecule has 0 aliphatic heterocycles. The molecule has 6 nitrogen and oxygen atoms in total. The average molecular weight is 212 g/mol. The lowest BCUT2D eigenvalue weighted by Crippen LogP contribution is -1.83. The van der Waals surface area contributed by atoms with Crippen LogP contribution in [0.5, 0.6) is 0 Å². The molecule has 0 amide bonds. The van der Waals surface area contributed by atoms with Gasteiger partial charge in [-0.1, -0.05) is 6.07 Å². The zero-order valence-electron chi connectivity index (χ0n) is 8.25. The van der Waals surface area contributed by atoms with Crippen molar-refractivity contribution >= 4 is 0 Å². The molecule has 0 aliphatic rings. The Morgan fingerprint density at radius 3 is 2.94 bits per heavy atom. The first-order valence-corrected chi connectivity index (χ1v) is 4.76. The van der Waals surface area contributed by atoms with Gasteiger partial charge in [0, 0.05) is 12.4 Å². The quantitative estimate of drug-likeness (QED) is 0.669. The first-order valence-electron chi connectivity index (χ1n) is 4.76. The van der Waals surface area contributed by atoms with Gasteiger partial charge in [-0.2, -0.15) is 10.2 Å². The van der Waals surface area contributed by atoms with E-state index in [9.17, 15) is 0 Å². The molecule has 2 N–H and O–H groups in total. The van der Waals surface area contributed by atoms with Crippen molar-refractivity contribution in [1.29, 1.82) is 0 Å². The minimum Gasteiger partial charge on any atom is -0.285 e. The normalized spacial score (nSPS) is 10.5. The molecule has 0 aromatic carbocycles. The van der Waals surface area contributed by atoms with Crippen molar-refractivity contribution in [2.24, 2.45) is 0 Å². The number of hydrogen-bond donors (Lipinski definition) is 2. The molecule has 3 aromatic heterocycles. The highest BCUT2D eigenvalue weighted by atomic mass is 15.2. The summed E-state index contributed by atoms with van der Waals surface area (Å²) in [5.41, 5.74) is 1.61. The van der Waals surface area contributed by atoms with Gasteiger partial charge in [0.25, 0.3) is 0 Å². The maximum absolute atomic E-state index is 4.33. The van der Waals surface area contributed by atoms with Crippen LogP contribution in [0.4, 0.5) is 0 Å². The van der Waals surface area contributed by atoms with Crippen molar-refractivity contribution in [2.45, 2.75) is 0 Å². The van der Waals surface area contributed by atoms with Crippen LogP contribution >= 0.6 is 0 Å². The standard InChI is InChI=1S/C10H8N6/c1-2-4-11-8(3-1)10-14-9(15-16-10)7-5-12-13-6-7/h1-6H,(H,12,13)(H,14,15,16). The van der Waals surface area contributed by atoms with Gasteiger partial charge >= 0.3 is 0 Å². The van der Waals surface area contributed by atoms with E-state index < -0.39 is 0 Å². The number of H-pyrrole nitrogens is 2. The van der Waals surface area contributed by atoms with Crippen molar-refractivity contribution in [2.75, 3.05) is 0 Å². The number of aromatic nitrogens is 6. The van der Waals surface area contributed by atoms with E-state index in [2.05, 4.69) is 30.4 Å². The van der Waals surface area contributed by atoms with Gasteiger partial charge < -0.3 is 0 Å². The molecule has 0 aliphatic carbocycles. The molecule has 0 fully saturated rings. The molecular formula is C10H8N6. The third-order valence-corrected chi connectivity index (χ3v) is 2.15. The zero-order valence-corrected chi connectivity index (χ0v) is 8.25. The number of aromatic amines is 2. The summed E-state index contributed by atoms with van der Waals surface area (Å²) in [6, 6.07) is 5.64. The van der Waals surface area contributed by atoms with Gasteiger partial charge in [-0.05, 0) is 12.1 Å². The Kier molecular flexibility index (Phi) is 1.96. The van der Waals surface area contributed by atoms with E-state index in [4.69, 9.17) is 0 Å². The maximum atomic E-state index is 4.33. The van der Waals surface area contributed by atoms with E-state index in [1.54, 1.807) is 18.6 Å². The van der Waals surface area contributed by atoms with Crippen LogP contribution < -0.4 is 0 Å². The Morgan fingerprint density at radius 2 is 2.19 bits per heavy atom. The van der Waals surface area contributed by atoms with E-state index in [0.29, 0.717) is 11.6 Å². The highest BCUT2D eigenvalue weighted by Crippen LogP contribution is 2.16. The summed E-state index contributed by atoms with van der Waals surface area (Å²) in [5.74, 6) is 1.26. The summed E-state index contributed by atoms with van der Waals surface area (Å²) < 4.78 is 0. The zero-order chi connectivity index (χ0) is 10.8. The fourth-order valence-electron chi connectivity index (χ4n) is 1.38. The van der Waals surface area contributed by atoms with Gasteiger partial charge in [0.1, 0.15) is 5.69 Å². The van der Waals surface area contributed by atoms with Crippen LogP contribution in [-0.2, 0) is 0 Å². The Morgan fingerprint density at radius 1 is 1.19 bits per heavy atom. The molecule has 0 atom stereocenters. The van der Waals surface area contributed by atoms with Crippen LogP contribution in [0, 0.1) is 0 Å². The highest BCUT2D eigenvalue weighted by Gasteiger charge is 2.08. The predicted molar refractivity (Wildman–Crippen MR) is 57.2 cm³/mol. The van der Waals surface area contributed by atoms with Gasteiger partial charge in [0.15, 0.2) is 11.6 Å². The van der Waals surface area contributed by atoms with Crippen molar-refractivity contribution in [3.63, 3.8) is 0 Å². The molecule has 6 heteroatoms. The summed E-state index contributed by atoms with van der Waals surface area (Å²) in [6.07, 6.45) is 5.13. The van der Waals surface area contributed by atoms with Crippen LogP contribution in [-0.4, -0.2) is 30.4 Å². The number of rotatable bonds is 2. The summed E-state index contributed by atoms with van der Waals surface area (Å²) >= 11 is 0. The summed E-state index contributed by atoms with van der Waals surface area (Å²) in [4.78, 5) is 8.52. The average Bonchev–Trinajstić information content (AvgIpc) is 3.01. The third-order valence-electron chi connectivity index (χ3n) is 2.15. The fourth-order valence-corrected chi connectivity index (χ4v) is 1.38. The van der Waals surface area contributed by atoms with E-state index >= 15 is 0 Å². The molecule has 0 bridgehead atoms. The van der Waals surface area contributed by atoms with Crippen molar-refractivity contribution in [3.05, 3.63) is 36.8 Å². The van der Waals surface area contributed by atoms with E-state index in [0.717, 1.165) is 11.3 Å². The van der Waals surface area contributed by atoms with Crippen LogP contribution in [0.15, 0.2) is 36.8 Å². The summed E-state index contributed by atoms with van der Waals surface area (Å²) in [5, 5.41) is 13.5. The Labute approximate surface area is 90.8 Å². The topological polar surface area (TPSA) is 83.1 Å². The largest absolute Gasteiger partial charge is 0.285 e. The van der Waals surface area contributed by atoms with Gasteiger partial charge in [0.05, 0.1) is 11.8 Å². The van der Waals surface area contributed by atoms with Crippen LogP contribution in [0.1, 0.15) is 0 Å². The first kappa shape index (κ1) is 8.78. The highest BCUT2D eigenvalue weighted by molar-refractivity contribution is 5.56. The number of nitrogens with zero attached hydrogens (tertiary/aromatic N) is 4. The second kappa shape index (κ2) is 3.58. The van der Waals surface area contributed by atoms with Crippen LogP contribution in [0.25, 0.3) is 22.9 Å². The van der Waals surface area contributed by atoms with Crippen LogP contribution in [0.2, 0.25) is 0 Å². The Bertz CT molecular complexity index is 568. The monoisotopic (exact) mass is 212 g/mol. The van der Waals surface area contributed by atoms with Gasteiger partial charge in [-0.25, -0.2) is 4.98 Å². The third kappa shape index (κ3) is 1.46. The fraction of sp³-hybridized carbons (Fsp3) is 0. The van der Waals surface area contributed by atoms with Crippen LogP contribution in [0.3, 0.4) is 0 Å². The maximum Gasteiger partial charge on any atom is 0.184 e. The van der Waals surface area contributed by atoms with E-state index in [1.807, 2.05) is 18.2 Å². The van der Waals surface area contributed by atoms with Crippen molar-refractivity contribution in [3.8, 4) is 22.9 Å². The number of hydrogen-bond acceptors (Lipinski definition) is 4. The van der Waals surface area contributed by atoms with Gasteiger partial charge in [-0.15, -0.1) is 0 Å². The summed E-state index contributed by atoms with van der Waals surface area (Å²) in [7, 11) is 0. The second-order valence-corrected chi connectivity index (χ2v) is 3.21. The van der Waals surface area contributed by atoms with E-state index in [1.165, 1.54) is 0 Å². The number of pyridine rings is 1. The Balaban J connectivity index is 2.00. The molecule has 16 heavy (non-hydrogen) atoms. The molecule has 3 aromatic rings. The Hall–Kier alpha value is -2.50. The van der Waals surface area contributed by atoms with Crippen molar-refractivity contribution in [1.82, 2.24) is 30.4 Å². The lowest BCUT2D eigenvalue weighted by atomic mass is 10.3. The molecule has 0 saturated heterocycles. The van der Waals surface area contributed by atoms with E-state index in [-0.39, 0.29) is 0 Å². The molecule has 0 unspecified atom stereocenters. The lowest BCUT2D eigenvalue weighted by molar-refractivity contribution is 1.09. The lowest BCUT2D eigenvalue weighted by Gasteiger charge is -1.91. The smallest absolute Gasteiger partial charge is 0.184 e. The predicted octanol–water partition coefficient (Wildman–Crippen LogP) is 1.26. The van der Waals surface area contributed by atoms with Gasteiger partial charge in [-0.3, -0.25) is 15.2 Å². The van der Waals surface area contributed by atoms with Crippen molar-refractivity contribution < 1.29 is 0 Å².